The van der Waals surface area contributed by atoms with Gasteiger partial charge in [0.2, 0.25) is 0 Å². The van der Waals surface area contributed by atoms with E-state index in [-0.39, 0.29) is 23.7 Å². The number of hydrogen-bond donors (Lipinski definition) is 1. The molecule has 0 radical (unpaired) electrons. The van der Waals surface area contributed by atoms with Gasteiger partial charge in [-0.05, 0) is 63.0 Å². The second-order valence-corrected chi connectivity index (χ2v) is 14.9. The van der Waals surface area contributed by atoms with Gasteiger partial charge in [0.25, 0.3) is 0 Å². The Balaban J connectivity index is 0.942. The summed E-state index contributed by atoms with van der Waals surface area (Å²) < 4.78 is 17.6. The average molecular weight is 612 g/mol. The number of hydrogen-bond acceptors (Lipinski definition) is 7. The number of carbonyl (C=O) groups is 2. The normalized spacial score (nSPS) is 33.7. The molecule has 6 atom stereocenters. The third-order valence-electron chi connectivity index (χ3n) is 12.0. The van der Waals surface area contributed by atoms with Gasteiger partial charge in [-0.1, -0.05) is 96.5 Å². The van der Waals surface area contributed by atoms with Crippen LogP contribution in [-0.2, 0) is 19.0 Å². The maximum Gasteiger partial charge on any atom is 0.513 e. The van der Waals surface area contributed by atoms with Gasteiger partial charge in [0.15, 0.2) is 17.6 Å². The number of Topliss-reactive ketones (excluding diaryl/α,β-unsaturated/α-hetero) is 1. The number of allylic oxidation sites excluding steroid dienone is 3. The molecule has 5 fully saturated rings. The molecule has 2 aliphatic heterocycles. The van der Waals surface area contributed by atoms with Crippen LogP contribution < -0.4 is 0 Å². The van der Waals surface area contributed by atoms with Gasteiger partial charge < -0.3 is 19.3 Å². The number of piperidine rings is 1. The highest BCUT2D eigenvalue weighted by Gasteiger charge is 2.77. The van der Waals surface area contributed by atoms with E-state index in [1.54, 1.807) is 0 Å². The van der Waals surface area contributed by atoms with Gasteiger partial charge in [0.05, 0.1) is 17.6 Å². The second kappa shape index (κ2) is 14.3. The monoisotopic (exact) mass is 611 g/mol. The molecule has 7 nitrogen and oxygen atoms in total. The molecule has 2 saturated heterocycles. The van der Waals surface area contributed by atoms with Crippen LogP contribution in [0, 0.1) is 23.2 Å². The minimum atomic E-state index is -0.966. The molecule has 4 aliphatic carbocycles. The van der Waals surface area contributed by atoms with Gasteiger partial charge in [-0.25, -0.2) is 4.79 Å². The molecule has 3 saturated carbocycles. The van der Waals surface area contributed by atoms with E-state index in [1.165, 1.54) is 89.9 Å². The molecule has 0 aromatic rings. The zero-order chi connectivity index (χ0) is 30.6. The van der Waals surface area contributed by atoms with Crippen molar-refractivity contribution < 1.29 is 28.9 Å². The van der Waals surface area contributed by atoms with Crippen LogP contribution in [0.2, 0.25) is 0 Å². The zero-order valence-corrected chi connectivity index (χ0v) is 27.2. The summed E-state index contributed by atoms with van der Waals surface area (Å²) in [5.41, 5.74) is -1.62. The summed E-state index contributed by atoms with van der Waals surface area (Å²) in [7, 11) is 0. The zero-order valence-electron chi connectivity index (χ0n) is 27.2. The van der Waals surface area contributed by atoms with E-state index in [1.807, 2.05) is 6.08 Å². The van der Waals surface area contributed by atoms with Crippen LogP contribution in [0.25, 0.3) is 0 Å². The van der Waals surface area contributed by atoms with Crippen LogP contribution in [0.3, 0.4) is 0 Å². The number of carbonyl (C=O) groups excluding carboxylic acids is 2. The van der Waals surface area contributed by atoms with Gasteiger partial charge in [-0.3, -0.25) is 9.69 Å². The molecule has 44 heavy (non-hydrogen) atoms. The lowest BCUT2D eigenvalue weighted by Crippen LogP contribution is -2.76. The van der Waals surface area contributed by atoms with E-state index in [0.717, 1.165) is 44.7 Å². The molecule has 2 bridgehead atoms. The van der Waals surface area contributed by atoms with Gasteiger partial charge >= 0.3 is 6.16 Å². The second-order valence-electron chi connectivity index (χ2n) is 14.9. The molecule has 6 rings (SSSR count). The molecule has 246 valence electrons. The lowest BCUT2D eigenvalue weighted by molar-refractivity contribution is -0.244. The summed E-state index contributed by atoms with van der Waals surface area (Å²) in [5.74, 6) is 1.78. The maximum atomic E-state index is 13.3. The van der Waals surface area contributed by atoms with E-state index in [9.17, 15) is 14.7 Å². The van der Waals surface area contributed by atoms with Crippen molar-refractivity contribution in [2.45, 2.75) is 153 Å². The Morgan fingerprint density at radius 1 is 0.977 bits per heavy atom. The Hall–Kier alpha value is -1.86. The first-order chi connectivity index (χ1) is 21.5. The Bertz CT molecular complexity index is 1080. The van der Waals surface area contributed by atoms with Crippen molar-refractivity contribution in [2.24, 2.45) is 23.2 Å². The van der Waals surface area contributed by atoms with Gasteiger partial charge in [0, 0.05) is 24.9 Å². The number of unbranched alkanes of at least 4 members (excludes halogenated alkanes) is 13. The fourth-order valence-electron chi connectivity index (χ4n) is 9.51. The number of ketones is 1. The molecule has 1 spiro atoms. The lowest BCUT2D eigenvalue weighted by Gasteiger charge is -2.65. The van der Waals surface area contributed by atoms with Crippen molar-refractivity contribution in [1.82, 2.24) is 4.90 Å². The minimum absolute atomic E-state index is 0.0406. The Labute approximate surface area is 265 Å². The number of ether oxygens (including phenoxy) is 3. The molecule has 1 N–H and O–H groups in total. The first kappa shape index (κ1) is 32.1. The summed E-state index contributed by atoms with van der Waals surface area (Å²) in [6.07, 6.45) is 25.5. The predicted octanol–water partition coefficient (Wildman–Crippen LogP) is 8.00. The molecular formula is C37H57NO6. The molecule has 0 amide bonds. The van der Waals surface area contributed by atoms with Gasteiger partial charge in [-0.2, -0.15) is 0 Å². The Morgan fingerprint density at radius 3 is 2.30 bits per heavy atom. The number of rotatable bonds is 18. The molecular weight excluding hydrogens is 554 g/mol. The minimum Gasteiger partial charge on any atom is -0.482 e. The highest BCUT2D eigenvalue weighted by atomic mass is 16.7. The third-order valence-corrected chi connectivity index (χ3v) is 12.0. The van der Waals surface area contributed by atoms with E-state index >= 15 is 0 Å². The quantitative estimate of drug-likeness (QED) is 0.124. The van der Waals surface area contributed by atoms with Crippen LogP contribution in [-0.4, -0.2) is 59.4 Å². The standard InChI is InChI=1S/C37H57NO6/c1-2-3-4-5-6-7-8-9-10-11-12-13-14-15-24-42-35(40)43-30-19-18-28-25-31-37(41)21-20-29(39)34-36(37,32(28)33(30)44-34)22-23-38(31)26-27-16-17-27/h18-19,27-28,31-32,34,41H,2-17,20-26H2,1H3/t28?,31?,32?,34-,36-,37+/m0/s1. The first-order valence-electron chi connectivity index (χ1n) is 18.4. The third kappa shape index (κ3) is 6.38. The van der Waals surface area contributed by atoms with Crippen LogP contribution in [0.5, 0.6) is 0 Å². The smallest absolute Gasteiger partial charge is 0.482 e. The number of aliphatic hydroxyl groups is 1. The van der Waals surface area contributed by atoms with Crippen molar-refractivity contribution in [3.05, 3.63) is 23.7 Å². The molecule has 0 aromatic carbocycles. The molecule has 6 aliphatic rings. The van der Waals surface area contributed by atoms with Gasteiger partial charge in [0.1, 0.15) is 5.76 Å². The summed E-state index contributed by atoms with van der Waals surface area (Å²) >= 11 is 0. The largest absolute Gasteiger partial charge is 0.513 e. The van der Waals surface area contributed by atoms with Crippen molar-refractivity contribution >= 4 is 11.9 Å². The van der Waals surface area contributed by atoms with E-state index < -0.39 is 23.3 Å². The Kier molecular flexibility index (Phi) is 10.4. The van der Waals surface area contributed by atoms with E-state index in [2.05, 4.69) is 17.9 Å². The van der Waals surface area contributed by atoms with Crippen molar-refractivity contribution in [3.8, 4) is 0 Å². The molecule has 2 heterocycles. The summed E-state index contributed by atoms with van der Waals surface area (Å²) in [5, 5.41) is 12.4. The van der Waals surface area contributed by atoms with Crippen LogP contribution in [0.15, 0.2) is 23.7 Å². The summed E-state index contributed by atoms with van der Waals surface area (Å²) in [4.78, 5) is 28.5. The lowest BCUT2D eigenvalue weighted by atomic mass is 9.44. The fraction of sp³-hybridized carbons (Fsp3) is 0.838. The summed E-state index contributed by atoms with van der Waals surface area (Å²) in [6.45, 7) is 4.55. The first-order valence-corrected chi connectivity index (χ1v) is 18.4. The summed E-state index contributed by atoms with van der Waals surface area (Å²) in [6, 6.07) is 0.0406. The van der Waals surface area contributed by atoms with Crippen LogP contribution in [0.4, 0.5) is 4.79 Å². The fourth-order valence-corrected chi connectivity index (χ4v) is 9.51. The average Bonchev–Trinajstić information content (AvgIpc) is 3.76. The van der Waals surface area contributed by atoms with Gasteiger partial charge in [-0.15, -0.1) is 0 Å². The van der Waals surface area contributed by atoms with Crippen molar-refractivity contribution in [3.63, 3.8) is 0 Å². The number of likely N-dealkylation sites (tertiary alicyclic amines) is 1. The maximum absolute atomic E-state index is 13.3. The molecule has 7 heteroatoms. The van der Waals surface area contributed by atoms with Crippen molar-refractivity contribution in [2.75, 3.05) is 19.7 Å². The van der Waals surface area contributed by atoms with Crippen LogP contribution >= 0.6 is 0 Å². The van der Waals surface area contributed by atoms with E-state index in [4.69, 9.17) is 14.2 Å². The topological polar surface area (TPSA) is 85.3 Å². The predicted molar refractivity (Wildman–Crippen MR) is 170 cm³/mol. The highest BCUT2D eigenvalue weighted by Crippen LogP contribution is 2.69. The highest BCUT2D eigenvalue weighted by molar-refractivity contribution is 5.87. The van der Waals surface area contributed by atoms with Crippen molar-refractivity contribution in [1.29, 1.82) is 0 Å². The van der Waals surface area contributed by atoms with E-state index in [0.29, 0.717) is 31.0 Å². The molecule has 0 aromatic heterocycles. The van der Waals surface area contributed by atoms with Crippen LogP contribution in [0.1, 0.15) is 135 Å². The number of nitrogens with zero attached hydrogens (tertiary/aromatic N) is 1. The molecule has 3 unspecified atom stereocenters. The SMILES string of the molecule is CCCCCCCCCCCCCCCCOC(=O)OC1=C2O[C@H]3C(=O)CC[C@@]4(O)C5CC(C=C1)C2[C@@]34CCN5CC1CC1. The Morgan fingerprint density at radius 2 is 1.64 bits per heavy atom.